The Morgan fingerprint density at radius 3 is 1.57 bits per heavy atom. The molecule has 0 heterocycles. The minimum absolute atomic E-state index is 0.361. The second kappa shape index (κ2) is 8.95. The van der Waals surface area contributed by atoms with Gasteiger partial charge in [0.05, 0.1) is 0 Å². The molecule has 0 atom stereocenters. The van der Waals surface area contributed by atoms with E-state index in [0.29, 0.717) is 12.5 Å². The van der Waals surface area contributed by atoms with Crippen LogP contribution in [0.5, 0.6) is 0 Å². The lowest BCUT2D eigenvalue weighted by atomic mass is 9.89. The highest BCUT2D eigenvalue weighted by atomic mass is 19.4. The molecule has 0 saturated carbocycles. The van der Waals surface area contributed by atoms with Gasteiger partial charge in [-0.15, -0.1) is 0 Å². The highest BCUT2D eigenvalue weighted by Gasteiger charge is 2.28. The summed E-state index contributed by atoms with van der Waals surface area (Å²) in [6.45, 7) is 0.467. The molecule has 0 saturated heterocycles. The maximum absolute atomic E-state index is 10.5. The smallest absolute Gasteiger partial charge is 0.430 e. The van der Waals surface area contributed by atoms with Gasteiger partial charge >= 0.3 is 6.18 Å². The third-order valence-corrected chi connectivity index (χ3v) is 3.07. The third kappa shape index (κ3) is 6.52. The lowest BCUT2D eigenvalue weighted by molar-refractivity contribution is -0.344. The van der Waals surface area contributed by atoms with E-state index in [9.17, 15) is 13.2 Å². The van der Waals surface area contributed by atoms with Crippen LogP contribution in [0.15, 0.2) is 60.7 Å². The van der Waals surface area contributed by atoms with Gasteiger partial charge in [0.1, 0.15) is 5.97 Å². The molecule has 0 aliphatic heterocycles. The number of nitrogens with one attached hydrogen (secondary N) is 1. The van der Waals surface area contributed by atoms with Crippen molar-refractivity contribution in [3.8, 4) is 0 Å². The Balaban J connectivity index is 0.000000322. The van der Waals surface area contributed by atoms with Crippen LogP contribution in [-0.2, 0) is 4.79 Å². The Kier molecular flexibility index (Phi) is 7.28. The molecule has 0 spiro atoms. The van der Waals surface area contributed by atoms with Crippen LogP contribution in [0.2, 0.25) is 0 Å². The van der Waals surface area contributed by atoms with Crippen molar-refractivity contribution in [2.45, 2.75) is 18.5 Å². The number of carbonyl (C=O) groups is 1. The standard InChI is InChI=1S/C15H16N.C2HF3O2/c16-12-11-15(13-7-3-1-4-8-13)14-9-5-2-6-10-14;3-2(4,5)1(6)7/h1-10,15-16H,11-12H2;(H,6,7)/q-1;/p-1. The van der Waals surface area contributed by atoms with E-state index in [0.717, 1.165) is 6.42 Å². The number of carboxylic acids is 1. The number of carbonyl (C=O) groups excluding carboxylic acids is 1. The van der Waals surface area contributed by atoms with E-state index in [2.05, 4.69) is 48.5 Å². The fraction of sp³-hybridized carbons (Fsp3) is 0.235. The molecule has 0 aliphatic carbocycles. The summed E-state index contributed by atoms with van der Waals surface area (Å²) in [4.78, 5) is 8.78. The minimum Gasteiger partial charge on any atom is -0.677 e. The number of benzene rings is 2. The van der Waals surface area contributed by atoms with E-state index >= 15 is 0 Å². The predicted molar refractivity (Wildman–Crippen MR) is 79.6 cm³/mol. The van der Waals surface area contributed by atoms with Crippen molar-refractivity contribution >= 4 is 5.97 Å². The van der Waals surface area contributed by atoms with Crippen molar-refractivity contribution in [1.82, 2.24) is 0 Å². The Hall–Kier alpha value is -2.34. The van der Waals surface area contributed by atoms with Gasteiger partial charge in [-0.1, -0.05) is 67.1 Å². The van der Waals surface area contributed by atoms with Gasteiger partial charge < -0.3 is 15.6 Å². The first kappa shape index (κ1) is 18.7. The normalized spacial score (nSPS) is 10.8. The maximum atomic E-state index is 10.5. The second-order valence-corrected chi connectivity index (χ2v) is 4.70. The van der Waals surface area contributed by atoms with Crippen molar-refractivity contribution in [2.24, 2.45) is 0 Å². The molecule has 0 unspecified atom stereocenters. The van der Waals surface area contributed by atoms with Gasteiger partial charge in [0, 0.05) is 5.92 Å². The van der Waals surface area contributed by atoms with Gasteiger partial charge in [-0.25, -0.2) is 0 Å². The van der Waals surface area contributed by atoms with Crippen LogP contribution in [0.25, 0.3) is 5.73 Å². The zero-order valence-corrected chi connectivity index (χ0v) is 12.2. The fourth-order valence-corrected chi connectivity index (χ4v) is 2.04. The number of carboxylic acid groups (broad SMARTS) is 1. The largest absolute Gasteiger partial charge is 0.677 e. The molecule has 0 bridgehead atoms. The third-order valence-electron chi connectivity index (χ3n) is 3.07. The molecule has 23 heavy (non-hydrogen) atoms. The molecule has 0 fully saturated rings. The highest BCUT2D eigenvalue weighted by Crippen LogP contribution is 2.27. The lowest BCUT2D eigenvalue weighted by Gasteiger charge is -2.19. The number of aliphatic carboxylic acids is 1. The van der Waals surface area contributed by atoms with Crippen LogP contribution in [0, 0.1) is 0 Å². The number of halogens is 3. The van der Waals surface area contributed by atoms with Crippen molar-refractivity contribution in [2.75, 3.05) is 6.54 Å². The average molecular weight is 323 g/mol. The molecule has 0 aromatic heterocycles. The summed E-state index contributed by atoms with van der Waals surface area (Å²) in [5, 5.41) is 8.78. The van der Waals surface area contributed by atoms with E-state index < -0.39 is 12.1 Å². The summed E-state index contributed by atoms with van der Waals surface area (Å²) in [6.07, 6.45) is -4.31. The molecule has 0 aliphatic rings. The van der Waals surface area contributed by atoms with E-state index in [-0.39, 0.29) is 0 Å². The second-order valence-electron chi connectivity index (χ2n) is 4.70. The summed E-state index contributed by atoms with van der Waals surface area (Å²) in [5.41, 5.74) is 10.0. The first-order valence-electron chi connectivity index (χ1n) is 6.89. The van der Waals surface area contributed by atoms with Gasteiger partial charge in [0.15, 0.2) is 0 Å². The number of alkyl halides is 3. The van der Waals surface area contributed by atoms with E-state index in [1.807, 2.05) is 12.1 Å². The van der Waals surface area contributed by atoms with Crippen LogP contribution < -0.4 is 5.11 Å². The lowest BCUT2D eigenvalue weighted by Crippen LogP contribution is -2.37. The topological polar surface area (TPSA) is 63.9 Å². The average Bonchev–Trinajstić information content (AvgIpc) is 2.54. The molecular weight excluding hydrogens is 307 g/mol. The quantitative estimate of drug-likeness (QED) is 0.863. The molecular formula is C17H16F3NO2-2. The van der Waals surface area contributed by atoms with Crippen molar-refractivity contribution in [3.05, 3.63) is 77.5 Å². The SMILES string of the molecule is O=C([O-])C(F)(F)F.[NH-]CCC(c1ccccc1)c1ccccc1. The van der Waals surface area contributed by atoms with Crippen LogP contribution in [-0.4, -0.2) is 18.7 Å². The molecule has 1 N–H and O–H groups in total. The van der Waals surface area contributed by atoms with E-state index in [1.165, 1.54) is 11.1 Å². The number of hydrogen-bond donors (Lipinski definition) is 0. The summed E-state index contributed by atoms with van der Waals surface area (Å²) < 4.78 is 31.5. The number of rotatable bonds is 4. The summed E-state index contributed by atoms with van der Waals surface area (Å²) in [6, 6.07) is 20.9. The fourth-order valence-electron chi connectivity index (χ4n) is 2.04. The monoisotopic (exact) mass is 323 g/mol. The molecule has 0 amide bonds. The van der Waals surface area contributed by atoms with Crippen molar-refractivity contribution in [3.63, 3.8) is 0 Å². The molecule has 2 aromatic carbocycles. The Labute approximate surface area is 132 Å². The van der Waals surface area contributed by atoms with Crippen molar-refractivity contribution in [1.29, 1.82) is 0 Å². The molecule has 2 rings (SSSR count). The Bertz CT molecular complexity index is 546. The molecule has 2 aromatic rings. The Morgan fingerprint density at radius 1 is 0.957 bits per heavy atom. The summed E-state index contributed by atoms with van der Waals surface area (Å²) in [5.74, 6) is -2.65. The van der Waals surface area contributed by atoms with Crippen molar-refractivity contribution < 1.29 is 23.1 Å². The number of hydrogen-bond acceptors (Lipinski definition) is 2. The van der Waals surface area contributed by atoms with Gasteiger partial charge in [0.25, 0.3) is 0 Å². The van der Waals surface area contributed by atoms with Gasteiger partial charge in [-0.3, -0.25) is 0 Å². The van der Waals surface area contributed by atoms with E-state index in [4.69, 9.17) is 15.6 Å². The minimum atomic E-state index is -5.19. The van der Waals surface area contributed by atoms with Gasteiger partial charge in [-0.2, -0.15) is 19.7 Å². The van der Waals surface area contributed by atoms with Crippen LogP contribution >= 0.6 is 0 Å². The first-order chi connectivity index (χ1) is 10.9. The molecule has 3 nitrogen and oxygen atoms in total. The van der Waals surface area contributed by atoms with E-state index in [1.54, 1.807) is 0 Å². The molecule has 124 valence electrons. The highest BCUT2D eigenvalue weighted by molar-refractivity contribution is 5.70. The Morgan fingerprint density at radius 2 is 1.30 bits per heavy atom. The zero-order chi connectivity index (χ0) is 17.3. The zero-order valence-electron chi connectivity index (χ0n) is 12.2. The predicted octanol–water partition coefficient (Wildman–Crippen LogP) is 3.56. The summed E-state index contributed by atoms with van der Waals surface area (Å²) in [7, 11) is 0. The van der Waals surface area contributed by atoms with Gasteiger partial charge in [-0.05, 0) is 11.1 Å². The first-order valence-corrected chi connectivity index (χ1v) is 6.89. The van der Waals surface area contributed by atoms with Crippen LogP contribution in [0.3, 0.4) is 0 Å². The molecule has 0 radical (unpaired) electrons. The van der Waals surface area contributed by atoms with Crippen LogP contribution in [0.1, 0.15) is 23.5 Å². The maximum Gasteiger partial charge on any atom is 0.430 e. The van der Waals surface area contributed by atoms with Gasteiger partial charge in [0.2, 0.25) is 0 Å². The molecule has 6 heteroatoms. The van der Waals surface area contributed by atoms with Crippen LogP contribution in [0.4, 0.5) is 13.2 Å². The summed E-state index contributed by atoms with van der Waals surface area (Å²) >= 11 is 0.